The predicted octanol–water partition coefficient (Wildman–Crippen LogP) is 4.13. The molecule has 1 N–H and O–H groups in total. The Morgan fingerprint density at radius 3 is 2.62 bits per heavy atom. The first kappa shape index (κ1) is 25.5. The average Bonchev–Trinajstić information content (AvgIpc) is 2.99. The molecule has 3 saturated carbocycles. The number of aliphatic hydroxyl groups is 1. The lowest BCUT2D eigenvalue weighted by Crippen LogP contribution is -2.64. The van der Waals surface area contributed by atoms with Crippen LogP contribution in [0.4, 0.5) is 0 Å². The summed E-state index contributed by atoms with van der Waals surface area (Å²) in [6.45, 7) is 7.09. The number of hydrogen-bond donors (Lipinski definition) is 1. The predicted molar refractivity (Wildman–Crippen MR) is 130 cm³/mol. The molecule has 0 spiro atoms. The number of carbonyl (C=O) groups excluding carboxylic acids is 4. The van der Waals surface area contributed by atoms with E-state index in [1.165, 1.54) is 0 Å². The van der Waals surface area contributed by atoms with Gasteiger partial charge >= 0.3 is 5.97 Å². The highest BCUT2D eigenvalue weighted by Crippen LogP contribution is 2.69. The minimum absolute atomic E-state index is 0.0223. The fourth-order valence-corrected chi connectivity index (χ4v) is 8.83. The molecule has 0 aromatic carbocycles. The molecule has 8 atom stereocenters. The number of alkyl halides is 1. The number of allylic oxidation sites excluding steroid dienone is 4. The molecule has 0 unspecified atom stereocenters. The Bertz CT molecular complexity index is 984. The molecule has 4 aliphatic rings. The molecule has 34 heavy (non-hydrogen) atoms. The van der Waals surface area contributed by atoms with Crippen molar-refractivity contribution in [2.24, 2.45) is 34.5 Å². The van der Waals surface area contributed by atoms with Crippen LogP contribution in [0.3, 0.4) is 0 Å². The van der Waals surface area contributed by atoms with Crippen LogP contribution < -0.4 is 0 Å². The van der Waals surface area contributed by atoms with E-state index < -0.39 is 34.8 Å². The van der Waals surface area contributed by atoms with Gasteiger partial charge in [-0.3, -0.25) is 19.2 Å². The van der Waals surface area contributed by atoms with Gasteiger partial charge in [-0.1, -0.05) is 61.7 Å². The van der Waals surface area contributed by atoms with E-state index in [4.69, 9.17) is 4.74 Å². The number of esters is 1. The van der Waals surface area contributed by atoms with Gasteiger partial charge in [0.2, 0.25) is 5.78 Å². The number of halogens is 1. The minimum Gasteiger partial charge on any atom is -0.450 e. The topological polar surface area (TPSA) is 97.7 Å². The van der Waals surface area contributed by atoms with E-state index in [9.17, 15) is 24.3 Å². The molecule has 6 nitrogen and oxygen atoms in total. The van der Waals surface area contributed by atoms with Crippen molar-refractivity contribution in [3.63, 3.8) is 0 Å². The molecule has 0 bridgehead atoms. The summed E-state index contributed by atoms with van der Waals surface area (Å²) in [5.41, 5.74) is -2.02. The maximum Gasteiger partial charge on any atom is 0.306 e. The van der Waals surface area contributed by atoms with E-state index >= 15 is 0 Å². The highest BCUT2D eigenvalue weighted by atomic mass is 79.9. The smallest absolute Gasteiger partial charge is 0.306 e. The number of aliphatic hydroxyl groups excluding tert-OH is 1. The molecule has 0 saturated heterocycles. The highest BCUT2D eigenvalue weighted by molar-refractivity contribution is 9.09. The second-order valence-electron chi connectivity index (χ2n) is 11.2. The van der Waals surface area contributed by atoms with E-state index in [-0.39, 0.29) is 52.9 Å². The summed E-state index contributed by atoms with van der Waals surface area (Å²) in [6.07, 6.45) is 8.15. The molecule has 4 aliphatic carbocycles. The van der Waals surface area contributed by atoms with Crippen molar-refractivity contribution in [1.82, 2.24) is 0 Å². The fourth-order valence-electron chi connectivity index (χ4n) is 7.81. The van der Waals surface area contributed by atoms with E-state index in [2.05, 4.69) is 15.9 Å². The van der Waals surface area contributed by atoms with E-state index in [0.717, 1.165) is 12.0 Å². The lowest BCUT2D eigenvalue weighted by molar-refractivity contribution is -0.196. The standard InChI is InChI=1S/C27H35BrO6/c1-5-6-7-22(33)34-27(21(32)14-29)15(2)10-18-23-19(28)12-16-11-17(30)8-9-25(16,3)24(23)20(31)13-26(18,27)4/h8-9,11,15,18-19,23-24,29H,5-7,10,12-14H2,1-4H3/t15-,18+,19-,23-,24+,25+,26+,27-/m1/s1. The number of ketones is 3. The largest absolute Gasteiger partial charge is 0.450 e. The Morgan fingerprint density at radius 1 is 1.26 bits per heavy atom. The highest BCUT2D eigenvalue weighted by Gasteiger charge is 2.73. The third kappa shape index (κ3) is 3.44. The maximum atomic E-state index is 13.9. The minimum atomic E-state index is -1.53. The lowest BCUT2D eigenvalue weighted by atomic mass is 9.46. The summed E-state index contributed by atoms with van der Waals surface area (Å²) >= 11 is 3.85. The average molecular weight is 535 g/mol. The number of rotatable bonds is 6. The molecule has 0 aromatic heterocycles. The van der Waals surface area contributed by atoms with Gasteiger partial charge in [-0.2, -0.15) is 0 Å². The molecule has 0 amide bonds. The first-order valence-corrected chi connectivity index (χ1v) is 13.3. The van der Waals surface area contributed by atoms with Crippen LogP contribution in [0.1, 0.15) is 66.2 Å². The summed E-state index contributed by atoms with van der Waals surface area (Å²) < 4.78 is 6.06. The zero-order chi connectivity index (χ0) is 25.1. The van der Waals surface area contributed by atoms with Crippen molar-refractivity contribution in [3.05, 3.63) is 23.8 Å². The van der Waals surface area contributed by atoms with Gasteiger partial charge in [-0.25, -0.2) is 0 Å². The summed E-state index contributed by atoms with van der Waals surface area (Å²) in [5.74, 6) is -1.80. The lowest BCUT2D eigenvalue weighted by Gasteiger charge is -2.58. The number of fused-ring (bicyclic) bond motifs is 5. The van der Waals surface area contributed by atoms with E-state index in [1.807, 2.05) is 33.8 Å². The van der Waals surface area contributed by atoms with E-state index in [1.54, 1.807) is 12.2 Å². The Morgan fingerprint density at radius 2 is 1.97 bits per heavy atom. The van der Waals surface area contributed by atoms with Crippen LogP contribution in [-0.2, 0) is 23.9 Å². The summed E-state index contributed by atoms with van der Waals surface area (Å²) in [4.78, 5) is 52.2. The van der Waals surface area contributed by atoms with Gasteiger partial charge in [-0.15, -0.1) is 0 Å². The van der Waals surface area contributed by atoms with Crippen molar-refractivity contribution >= 4 is 39.2 Å². The van der Waals surface area contributed by atoms with Crippen LogP contribution >= 0.6 is 15.9 Å². The molecule has 0 aliphatic heterocycles. The quantitative estimate of drug-likeness (QED) is 0.406. The van der Waals surface area contributed by atoms with Crippen molar-refractivity contribution in [2.45, 2.75) is 76.6 Å². The van der Waals surface area contributed by atoms with Gasteiger partial charge in [0, 0.05) is 40.3 Å². The Balaban J connectivity index is 1.80. The summed E-state index contributed by atoms with van der Waals surface area (Å²) in [5, 5.41) is 9.96. The third-order valence-electron chi connectivity index (χ3n) is 9.35. The molecular formula is C27H35BrO6. The number of unbranched alkanes of at least 4 members (excludes halogenated alkanes) is 1. The number of carbonyl (C=O) groups is 4. The monoisotopic (exact) mass is 534 g/mol. The number of hydrogen-bond acceptors (Lipinski definition) is 6. The third-order valence-corrected chi connectivity index (χ3v) is 10.3. The Hall–Kier alpha value is -1.60. The van der Waals surface area contributed by atoms with Crippen molar-refractivity contribution in [3.8, 4) is 0 Å². The molecule has 7 heteroatoms. The van der Waals surface area contributed by atoms with Crippen LogP contribution in [-0.4, -0.2) is 45.5 Å². The van der Waals surface area contributed by atoms with Crippen LogP contribution in [0.25, 0.3) is 0 Å². The fraction of sp³-hybridized carbons (Fsp3) is 0.704. The van der Waals surface area contributed by atoms with Crippen molar-refractivity contribution < 1.29 is 29.0 Å². The first-order valence-electron chi connectivity index (χ1n) is 12.4. The van der Waals surface area contributed by atoms with Crippen molar-refractivity contribution in [2.75, 3.05) is 6.61 Å². The molecule has 0 heterocycles. The molecule has 186 valence electrons. The Labute approximate surface area is 209 Å². The van der Waals surface area contributed by atoms with Crippen LogP contribution in [0.2, 0.25) is 0 Å². The maximum absolute atomic E-state index is 13.9. The number of Topliss-reactive ketones (excluding diaryl/α,β-unsaturated/α-hetero) is 2. The molecule has 0 radical (unpaired) electrons. The molecule has 3 fully saturated rings. The summed E-state index contributed by atoms with van der Waals surface area (Å²) in [6, 6.07) is 0. The SMILES string of the molecule is CCCCC(=O)O[C@@]1(C(=O)CO)[C@H](C)C[C@H]2[C@@H]3[C@H](Br)CC4=CC(=O)C=C[C@]4(C)[C@H]3C(=O)C[C@@]21C. The van der Waals surface area contributed by atoms with Crippen LogP contribution in [0.5, 0.6) is 0 Å². The normalized spacial score (nSPS) is 43.0. The molecule has 0 aromatic rings. The molecule has 4 rings (SSSR count). The van der Waals surface area contributed by atoms with Gasteiger partial charge in [0.1, 0.15) is 12.4 Å². The molecular weight excluding hydrogens is 500 g/mol. The Kier molecular flexibility index (Phi) is 6.60. The number of ether oxygens (including phenoxy) is 1. The first-order chi connectivity index (χ1) is 16.0. The van der Waals surface area contributed by atoms with Crippen LogP contribution in [0, 0.1) is 34.5 Å². The van der Waals surface area contributed by atoms with Gasteiger partial charge in [0.05, 0.1) is 0 Å². The second-order valence-corrected chi connectivity index (χ2v) is 12.3. The van der Waals surface area contributed by atoms with Gasteiger partial charge in [-0.05, 0) is 43.3 Å². The summed E-state index contributed by atoms with van der Waals surface area (Å²) in [7, 11) is 0. The van der Waals surface area contributed by atoms with Gasteiger partial charge in [0.25, 0.3) is 0 Å². The van der Waals surface area contributed by atoms with Crippen molar-refractivity contribution in [1.29, 1.82) is 0 Å². The second kappa shape index (κ2) is 8.81. The van der Waals surface area contributed by atoms with Gasteiger partial charge < -0.3 is 9.84 Å². The zero-order valence-corrected chi connectivity index (χ0v) is 22.0. The van der Waals surface area contributed by atoms with Crippen LogP contribution in [0.15, 0.2) is 23.8 Å². The van der Waals surface area contributed by atoms with E-state index in [0.29, 0.717) is 19.3 Å². The zero-order valence-electron chi connectivity index (χ0n) is 20.4. The van der Waals surface area contributed by atoms with Gasteiger partial charge in [0.15, 0.2) is 11.4 Å².